The number of rotatable bonds is 7. The molecule has 0 radical (unpaired) electrons. The van der Waals surface area contributed by atoms with Crippen LogP contribution in [0, 0.1) is 13.8 Å². The van der Waals surface area contributed by atoms with Crippen molar-refractivity contribution >= 4 is 17.5 Å². The number of amides is 1. The second kappa shape index (κ2) is 8.08. The summed E-state index contributed by atoms with van der Waals surface area (Å²) in [4.78, 5) is 12.2. The van der Waals surface area contributed by atoms with Crippen LogP contribution in [0.4, 0.5) is 0 Å². The number of nitrogens with zero attached hydrogens (tertiary/aromatic N) is 3. The van der Waals surface area contributed by atoms with Gasteiger partial charge in [0, 0.05) is 24.8 Å². The van der Waals surface area contributed by atoms with Crippen molar-refractivity contribution < 1.29 is 9.53 Å². The van der Waals surface area contributed by atoms with Gasteiger partial charge in [0.15, 0.2) is 5.69 Å². The van der Waals surface area contributed by atoms with E-state index in [0.29, 0.717) is 36.2 Å². The molecule has 0 saturated heterocycles. The van der Waals surface area contributed by atoms with E-state index in [0.717, 1.165) is 17.7 Å². The Morgan fingerprint density at radius 3 is 2.87 bits per heavy atom. The molecule has 0 aliphatic heterocycles. The van der Waals surface area contributed by atoms with Crippen LogP contribution in [-0.4, -0.2) is 40.7 Å². The fraction of sp³-hybridized carbons (Fsp3) is 0.438. The standard InChI is InChI=1S/C16H21ClN4O2/c1-4-23-9-5-8-18-16(22)15-12(3)21(20-19-15)13-7-6-11(2)14(17)10-13/h6-7,10H,4-5,8-9H2,1-3H3,(H,18,22). The van der Waals surface area contributed by atoms with Crippen molar-refractivity contribution in [2.45, 2.75) is 27.2 Å². The number of aryl methyl sites for hydroxylation is 1. The Balaban J connectivity index is 2.06. The molecular weight excluding hydrogens is 316 g/mol. The van der Waals surface area contributed by atoms with Gasteiger partial charge in [0.25, 0.3) is 5.91 Å². The molecule has 7 heteroatoms. The summed E-state index contributed by atoms with van der Waals surface area (Å²) in [6, 6.07) is 5.61. The SMILES string of the molecule is CCOCCCNC(=O)c1nnn(-c2ccc(C)c(Cl)c2)c1C. The second-order valence-corrected chi connectivity index (χ2v) is 5.58. The van der Waals surface area contributed by atoms with E-state index in [1.165, 1.54) is 0 Å². The first-order valence-electron chi connectivity index (χ1n) is 7.59. The van der Waals surface area contributed by atoms with Crippen LogP contribution < -0.4 is 5.32 Å². The molecule has 0 spiro atoms. The van der Waals surface area contributed by atoms with Crippen LogP contribution in [0.5, 0.6) is 0 Å². The van der Waals surface area contributed by atoms with E-state index >= 15 is 0 Å². The van der Waals surface area contributed by atoms with Crippen LogP contribution in [0.2, 0.25) is 5.02 Å². The van der Waals surface area contributed by atoms with Crippen LogP contribution in [0.3, 0.4) is 0 Å². The van der Waals surface area contributed by atoms with Gasteiger partial charge in [0.05, 0.1) is 11.4 Å². The molecular formula is C16H21ClN4O2. The summed E-state index contributed by atoms with van der Waals surface area (Å²) >= 11 is 6.14. The van der Waals surface area contributed by atoms with E-state index in [1.54, 1.807) is 4.68 Å². The highest BCUT2D eigenvalue weighted by molar-refractivity contribution is 6.31. The number of carbonyl (C=O) groups is 1. The molecule has 0 fully saturated rings. The molecule has 1 heterocycles. The van der Waals surface area contributed by atoms with Crippen molar-refractivity contribution in [1.29, 1.82) is 0 Å². The van der Waals surface area contributed by atoms with E-state index in [9.17, 15) is 4.79 Å². The summed E-state index contributed by atoms with van der Waals surface area (Å²) in [5.41, 5.74) is 2.76. The molecule has 1 N–H and O–H groups in total. The summed E-state index contributed by atoms with van der Waals surface area (Å²) in [5, 5.41) is 11.5. The summed E-state index contributed by atoms with van der Waals surface area (Å²) in [5.74, 6) is -0.233. The molecule has 0 aliphatic rings. The third-order valence-electron chi connectivity index (χ3n) is 3.46. The molecule has 0 unspecified atom stereocenters. The first kappa shape index (κ1) is 17.4. The number of hydrogen-bond acceptors (Lipinski definition) is 4. The number of nitrogens with one attached hydrogen (secondary N) is 1. The van der Waals surface area contributed by atoms with Crippen LogP contribution in [0.1, 0.15) is 35.1 Å². The Kier molecular flexibility index (Phi) is 6.12. The molecule has 1 amide bonds. The van der Waals surface area contributed by atoms with Gasteiger partial charge in [-0.15, -0.1) is 5.10 Å². The number of ether oxygens (including phenoxy) is 1. The number of carbonyl (C=O) groups excluding carboxylic acids is 1. The predicted molar refractivity (Wildman–Crippen MR) is 89.3 cm³/mol. The zero-order chi connectivity index (χ0) is 16.8. The zero-order valence-corrected chi connectivity index (χ0v) is 14.4. The van der Waals surface area contributed by atoms with Gasteiger partial charge in [-0.25, -0.2) is 4.68 Å². The van der Waals surface area contributed by atoms with Crippen LogP contribution in [-0.2, 0) is 4.74 Å². The van der Waals surface area contributed by atoms with E-state index in [4.69, 9.17) is 16.3 Å². The Labute approximate surface area is 140 Å². The minimum atomic E-state index is -0.233. The van der Waals surface area contributed by atoms with Gasteiger partial charge in [-0.3, -0.25) is 4.79 Å². The van der Waals surface area contributed by atoms with Gasteiger partial charge in [-0.05, 0) is 44.9 Å². The van der Waals surface area contributed by atoms with Crippen molar-refractivity contribution in [3.05, 3.63) is 40.2 Å². The summed E-state index contributed by atoms with van der Waals surface area (Å²) in [7, 11) is 0. The van der Waals surface area contributed by atoms with E-state index in [-0.39, 0.29) is 5.91 Å². The van der Waals surface area contributed by atoms with Crippen LogP contribution in [0.15, 0.2) is 18.2 Å². The normalized spacial score (nSPS) is 10.8. The fourth-order valence-corrected chi connectivity index (χ4v) is 2.28. The van der Waals surface area contributed by atoms with E-state index in [1.807, 2.05) is 39.0 Å². The molecule has 6 nitrogen and oxygen atoms in total. The Hall–Kier alpha value is -1.92. The Morgan fingerprint density at radius 2 is 2.17 bits per heavy atom. The molecule has 0 saturated carbocycles. The second-order valence-electron chi connectivity index (χ2n) is 5.18. The fourth-order valence-electron chi connectivity index (χ4n) is 2.10. The highest BCUT2D eigenvalue weighted by Gasteiger charge is 2.17. The van der Waals surface area contributed by atoms with Gasteiger partial charge in [0.2, 0.25) is 0 Å². The smallest absolute Gasteiger partial charge is 0.273 e. The Morgan fingerprint density at radius 1 is 1.39 bits per heavy atom. The van der Waals surface area contributed by atoms with E-state index in [2.05, 4.69) is 15.6 Å². The largest absolute Gasteiger partial charge is 0.382 e. The van der Waals surface area contributed by atoms with E-state index < -0.39 is 0 Å². The highest BCUT2D eigenvalue weighted by Crippen LogP contribution is 2.20. The lowest BCUT2D eigenvalue weighted by Crippen LogP contribution is -2.26. The minimum absolute atomic E-state index is 0.233. The maximum Gasteiger partial charge on any atom is 0.273 e. The maximum atomic E-state index is 12.2. The Bertz CT molecular complexity index is 685. The number of halogens is 1. The van der Waals surface area contributed by atoms with Gasteiger partial charge in [-0.2, -0.15) is 0 Å². The van der Waals surface area contributed by atoms with Gasteiger partial charge < -0.3 is 10.1 Å². The quantitative estimate of drug-likeness (QED) is 0.789. The molecule has 2 rings (SSSR count). The molecule has 23 heavy (non-hydrogen) atoms. The minimum Gasteiger partial charge on any atom is -0.382 e. The van der Waals surface area contributed by atoms with Gasteiger partial charge in [-0.1, -0.05) is 22.9 Å². The third kappa shape index (κ3) is 4.30. The lowest BCUT2D eigenvalue weighted by Gasteiger charge is -2.06. The van der Waals surface area contributed by atoms with Crippen LogP contribution >= 0.6 is 11.6 Å². The average molecular weight is 337 g/mol. The first-order chi connectivity index (χ1) is 11.0. The number of benzene rings is 1. The molecule has 1 aromatic carbocycles. The highest BCUT2D eigenvalue weighted by atomic mass is 35.5. The summed E-state index contributed by atoms with van der Waals surface area (Å²) in [6.45, 7) is 7.54. The molecule has 0 bridgehead atoms. The van der Waals surface area contributed by atoms with Gasteiger partial charge >= 0.3 is 0 Å². The monoisotopic (exact) mass is 336 g/mol. The summed E-state index contributed by atoms with van der Waals surface area (Å²) < 4.78 is 6.84. The van der Waals surface area contributed by atoms with Crippen LogP contribution in [0.25, 0.3) is 5.69 Å². The van der Waals surface area contributed by atoms with Gasteiger partial charge in [0.1, 0.15) is 0 Å². The van der Waals surface area contributed by atoms with Crippen molar-refractivity contribution in [2.75, 3.05) is 19.8 Å². The molecule has 1 aromatic heterocycles. The molecule has 2 aromatic rings. The number of aromatic nitrogens is 3. The molecule has 124 valence electrons. The lowest BCUT2D eigenvalue weighted by atomic mass is 10.2. The molecule has 0 aliphatic carbocycles. The lowest BCUT2D eigenvalue weighted by molar-refractivity contribution is 0.0938. The van der Waals surface area contributed by atoms with Crippen molar-refractivity contribution in [3.8, 4) is 5.69 Å². The molecule has 0 atom stereocenters. The zero-order valence-electron chi connectivity index (χ0n) is 13.6. The summed E-state index contributed by atoms with van der Waals surface area (Å²) in [6.07, 6.45) is 0.764. The van der Waals surface area contributed by atoms with Crippen molar-refractivity contribution in [1.82, 2.24) is 20.3 Å². The van der Waals surface area contributed by atoms with Crippen molar-refractivity contribution in [2.24, 2.45) is 0 Å². The first-order valence-corrected chi connectivity index (χ1v) is 7.97. The third-order valence-corrected chi connectivity index (χ3v) is 3.87. The van der Waals surface area contributed by atoms with Crippen molar-refractivity contribution in [3.63, 3.8) is 0 Å². The average Bonchev–Trinajstić information content (AvgIpc) is 2.91. The predicted octanol–water partition coefficient (Wildman–Crippen LogP) is 2.69. The maximum absolute atomic E-state index is 12.2. The topological polar surface area (TPSA) is 69.0 Å². The number of hydrogen-bond donors (Lipinski definition) is 1.